The molecule has 1 aliphatic rings. The van der Waals surface area contributed by atoms with Gasteiger partial charge in [0.25, 0.3) is 0 Å². The molecule has 2 aromatic rings. The van der Waals surface area contributed by atoms with E-state index in [9.17, 15) is 4.79 Å². The van der Waals surface area contributed by atoms with Crippen LogP contribution in [0.25, 0.3) is 11.2 Å². The van der Waals surface area contributed by atoms with Crippen LogP contribution in [0, 0.1) is 0 Å². The summed E-state index contributed by atoms with van der Waals surface area (Å²) in [6.07, 6.45) is 5.15. The van der Waals surface area contributed by atoms with Gasteiger partial charge >= 0.3 is 0 Å². The summed E-state index contributed by atoms with van der Waals surface area (Å²) < 4.78 is 2.38. The number of rotatable bonds is 1. The van der Waals surface area contributed by atoms with Crippen molar-refractivity contribution >= 4 is 38.8 Å². The largest absolute Gasteiger partial charge is 0.368 e. The molecule has 1 aliphatic carbocycles. The summed E-state index contributed by atoms with van der Waals surface area (Å²) in [6, 6.07) is -0.162. The zero-order chi connectivity index (χ0) is 12.7. The summed E-state index contributed by atoms with van der Waals surface area (Å²) in [5.41, 5.74) is 6.90. The lowest BCUT2D eigenvalue weighted by molar-refractivity contribution is -0.123. The van der Waals surface area contributed by atoms with E-state index in [-0.39, 0.29) is 17.8 Å². The molecule has 1 atom stereocenters. The lowest BCUT2D eigenvalue weighted by Crippen LogP contribution is -2.22. The number of fused-ring (bicyclic) bond motifs is 1. The first-order chi connectivity index (χ1) is 8.66. The molecule has 0 saturated heterocycles. The summed E-state index contributed by atoms with van der Waals surface area (Å²) in [6.45, 7) is 0. The fourth-order valence-corrected chi connectivity index (χ4v) is 2.85. The quantitative estimate of drug-likeness (QED) is 0.812. The second-order valence-corrected chi connectivity index (χ2v) is 5.18. The maximum Gasteiger partial charge on any atom is 0.223 e. The van der Waals surface area contributed by atoms with Crippen LogP contribution in [-0.4, -0.2) is 25.3 Å². The van der Waals surface area contributed by atoms with Crippen molar-refractivity contribution in [2.24, 2.45) is 0 Å². The van der Waals surface area contributed by atoms with Crippen molar-refractivity contribution in [2.75, 3.05) is 5.73 Å². The molecule has 94 valence electrons. The van der Waals surface area contributed by atoms with Gasteiger partial charge in [-0.05, 0) is 28.8 Å². The Morgan fingerprint density at radius 3 is 3.00 bits per heavy atom. The van der Waals surface area contributed by atoms with Gasteiger partial charge < -0.3 is 10.3 Å². The Morgan fingerprint density at radius 1 is 1.39 bits per heavy atom. The zero-order valence-corrected chi connectivity index (χ0v) is 11.2. The molecule has 0 amide bonds. The van der Waals surface area contributed by atoms with Gasteiger partial charge in [0.1, 0.15) is 10.1 Å². The number of aromatic nitrogens is 4. The molecule has 0 bridgehead atoms. The standard InChI is InChI=1S/C11H12BrN5O/c12-9-8-10(16-11(13)15-9)17(5-14-8)6-3-1-2-4-7(6)18/h5-6H,1-4H2,(H2,13,15,16). The summed E-state index contributed by atoms with van der Waals surface area (Å²) in [5.74, 6) is 0.424. The molecule has 1 saturated carbocycles. The zero-order valence-electron chi connectivity index (χ0n) is 9.64. The normalized spacial score (nSPS) is 20.5. The van der Waals surface area contributed by atoms with Crippen LogP contribution in [0.2, 0.25) is 0 Å². The van der Waals surface area contributed by atoms with Gasteiger partial charge in [0.2, 0.25) is 5.95 Å². The van der Waals surface area contributed by atoms with E-state index in [1.54, 1.807) is 6.33 Å². The number of carbonyl (C=O) groups excluding carboxylic acids is 1. The number of carbonyl (C=O) groups is 1. The van der Waals surface area contributed by atoms with E-state index in [2.05, 4.69) is 30.9 Å². The molecular formula is C11H12BrN5O. The Bertz CT molecular complexity index is 623. The first-order valence-electron chi connectivity index (χ1n) is 5.85. The van der Waals surface area contributed by atoms with Gasteiger partial charge in [0.05, 0.1) is 12.4 Å². The third kappa shape index (κ3) is 1.78. The van der Waals surface area contributed by atoms with Crippen molar-refractivity contribution in [2.45, 2.75) is 31.7 Å². The van der Waals surface area contributed by atoms with Crippen LogP contribution < -0.4 is 5.73 Å². The predicted octanol–water partition coefficient (Wildman–Crippen LogP) is 1.86. The van der Waals surface area contributed by atoms with Crippen LogP contribution in [0.15, 0.2) is 10.9 Å². The molecule has 7 heteroatoms. The number of nitrogens with two attached hydrogens (primary N) is 1. The number of anilines is 1. The van der Waals surface area contributed by atoms with Crippen molar-refractivity contribution in [3.63, 3.8) is 0 Å². The van der Waals surface area contributed by atoms with E-state index in [0.717, 1.165) is 19.3 Å². The Hall–Kier alpha value is -1.50. The number of hydrogen-bond donors (Lipinski definition) is 1. The molecule has 18 heavy (non-hydrogen) atoms. The molecule has 0 aromatic carbocycles. The molecule has 0 spiro atoms. The van der Waals surface area contributed by atoms with Crippen molar-refractivity contribution in [3.05, 3.63) is 10.9 Å². The topological polar surface area (TPSA) is 86.7 Å². The first kappa shape index (κ1) is 11.6. The van der Waals surface area contributed by atoms with E-state index in [1.165, 1.54) is 0 Å². The van der Waals surface area contributed by atoms with Gasteiger partial charge in [-0.15, -0.1) is 0 Å². The number of halogens is 1. The third-order valence-electron chi connectivity index (χ3n) is 3.25. The number of Topliss-reactive ketones (excluding diaryl/α,β-unsaturated/α-hetero) is 1. The number of hydrogen-bond acceptors (Lipinski definition) is 5. The lowest BCUT2D eigenvalue weighted by atomic mass is 9.94. The van der Waals surface area contributed by atoms with Crippen molar-refractivity contribution in [3.8, 4) is 0 Å². The van der Waals surface area contributed by atoms with Gasteiger partial charge in [0.15, 0.2) is 11.4 Å². The monoisotopic (exact) mass is 309 g/mol. The molecule has 1 unspecified atom stereocenters. The number of nitrogen functional groups attached to an aromatic ring is 1. The Morgan fingerprint density at radius 2 is 2.22 bits per heavy atom. The highest BCUT2D eigenvalue weighted by Gasteiger charge is 2.26. The highest BCUT2D eigenvalue weighted by atomic mass is 79.9. The molecule has 0 radical (unpaired) electrons. The molecule has 2 N–H and O–H groups in total. The maximum atomic E-state index is 12.0. The van der Waals surface area contributed by atoms with Crippen molar-refractivity contribution in [1.29, 1.82) is 0 Å². The maximum absolute atomic E-state index is 12.0. The lowest BCUT2D eigenvalue weighted by Gasteiger charge is -2.21. The summed E-state index contributed by atoms with van der Waals surface area (Å²) in [4.78, 5) is 24.4. The van der Waals surface area contributed by atoms with Crippen LogP contribution in [0.5, 0.6) is 0 Å². The molecule has 2 aromatic heterocycles. The van der Waals surface area contributed by atoms with Gasteiger partial charge in [-0.25, -0.2) is 9.97 Å². The Labute approximate surface area is 112 Å². The van der Waals surface area contributed by atoms with Crippen LogP contribution in [0.3, 0.4) is 0 Å². The van der Waals surface area contributed by atoms with E-state index < -0.39 is 0 Å². The number of nitrogens with zero attached hydrogens (tertiary/aromatic N) is 4. The number of ketones is 1. The van der Waals surface area contributed by atoms with Gasteiger partial charge in [-0.2, -0.15) is 4.98 Å². The molecule has 2 heterocycles. The Balaban J connectivity index is 2.14. The predicted molar refractivity (Wildman–Crippen MR) is 69.9 cm³/mol. The van der Waals surface area contributed by atoms with Crippen LogP contribution in [-0.2, 0) is 4.79 Å². The van der Waals surface area contributed by atoms with Crippen molar-refractivity contribution in [1.82, 2.24) is 19.5 Å². The minimum absolute atomic E-state index is 0.162. The summed E-state index contributed by atoms with van der Waals surface area (Å²) >= 11 is 3.31. The molecule has 3 rings (SSSR count). The second-order valence-electron chi connectivity index (χ2n) is 4.42. The van der Waals surface area contributed by atoms with Gasteiger partial charge in [-0.3, -0.25) is 4.79 Å². The van der Waals surface area contributed by atoms with E-state index in [0.29, 0.717) is 22.2 Å². The van der Waals surface area contributed by atoms with E-state index >= 15 is 0 Å². The molecule has 0 aliphatic heterocycles. The first-order valence-corrected chi connectivity index (χ1v) is 6.64. The van der Waals surface area contributed by atoms with Crippen LogP contribution >= 0.6 is 15.9 Å². The minimum Gasteiger partial charge on any atom is -0.368 e. The van der Waals surface area contributed by atoms with Crippen molar-refractivity contribution < 1.29 is 4.79 Å². The molecule has 6 nitrogen and oxygen atoms in total. The summed E-state index contributed by atoms with van der Waals surface area (Å²) in [7, 11) is 0. The SMILES string of the molecule is Nc1nc(Br)c2ncn(C3CCCCC3=O)c2n1. The fourth-order valence-electron chi connectivity index (χ4n) is 2.38. The smallest absolute Gasteiger partial charge is 0.223 e. The van der Waals surface area contributed by atoms with E-state index in [4.69, 9.17) is 5.73 Å². The minimum atomic E-state index is -0.162. The molecular weight excluding hydrogens is 298 g/mol. The highest BCUT2D eigenvalue weighted by molar-refractivity contribution is 9.10. The average molecular weight is 310 g/mol. The summed E-state index contributed by atoms with van der Waals surface area (Å²) in [5, 5.41) is 0. The third-order valence-corrected chi connectivity index (χ3v) is 3.81. The van der Waals surface area contributed by atoms with Crippen LogP contribution in [0.1, 0.15) is 31.7 Å². The highest BCUT2D eigenvalue weighted by Crippen LogP contribution is 2.29. The van der Waals surface area contributed by atoms with Crippen LogP contribution in [0.4, 0.5) is 5.95 Å². The molecule has 1 fully saturated rings. The fraction of sp³-hybridized carbons (Fsp3) is 0.455. The van der Waals surface area contributed by atoms with Gasteiger partial charge in [0, 0.05) is 6.42 Å². The second kappa shape index (κ2) is 4.31. The number of imidazole rings is 1. The van der Waals surface area contributed by atoms with E-state index in [1.807, 2.05) is 4.57 Å². The average Bonchev–Trinajstić information content (AvgIpc) is 2.73. The van der Waals surface area contributed by atoms with Gasteiger partial charge in [-0.1, -0.05) is 6.42 Å². The Kier molecular flexibility index (Phi) is 2.77.